The molecule has 0 unspecified atom stereocenters. The predicted molar refractivity (Wildman–Crippen MR) is 562 cm³/mol. The Morgan fingerprint density at radius 2 is 0.470 bits per heavy atom. The Kier molecular flexibility index (Phi) is 16.3. The third-order valence-electron chi connectivity index (χ3n) is 30.1. The summed E-state index contributed by atoms with van der Waals surface area (Å²) in [7, 11) is 0. The molecule has 27 aromatic rings. The zero-order valence-corrected chi connectivity index (χ0v) is 73.4. The van der Waals surface area contributed by atoms with Crippen molar-refractivity contribution < 1.29 is 4.42 Å². The number of rotatable bonds is 6. The standard InChI is InChI=1S/C48H30N2.C42H28N2.C38H25NO/c1-2-11-33-29(10-1)20-21-30-22-27-43-48(45(30)33)38-15-6-8-19-42(38)49(43)31-23-25-32(26-24-31)50-41-18-7-5-14-37(41)47-39-17-9-16-36-34-12-3-4-13-35(34)40(46(36)39)28-44(47)50;1-3-11-32-27(9-1)17-18-29-20-26-39-42(40(29)32)35-14-6-8-16-37(35)44(39)31-23-21-30(22-24-31)43-36-15-7-5-13-34(36)41-33-12-4-2-10-28(33)19-25-38(41)43;1-2-8-29-25(7-1)13-14-26-17-21-34-38(37(26)29)31-10-3-5-11-33(31)39(34)28-19-15-24(16-20-28)27-18-22-36-32(23-27)30-9-4-6-12-35(30)40-36/h1-19,22-28H,20-21H2;1-16,19-26H,17-18H2;1-12,15-23H,13-14H2. The second kappa shape index (κ2) is 29.2. The highest BCUT2D eigenvalue weighted by Crippen LogP contribution is 2.54. The van der Waals surface area contributed by atoms with Crippen molar-refractivity contribution >= 4 is 153 Å². The zero-order chi connectivity index (χ0) is 87.5. The second-order valence-electron chi connectivity index (χ2n) is 36.9. The van der Waals surface area contributed by atoms with E-state index in [4.69, 9.17) is 4.42 Å². The van der Waals surface area contributed by atoms with Crippen LogP contribution in [0.15, 0.2) is 435 Å². The molecular weight excluding hydrogens is 1620 g/mol. The van der Waals surface area contributed by atoms with Crippen LogP contribution >= 0.6 is 0 Å². The number of para-hydroxylation sites is 6. The molecule has 6 nitrogen and oxygen atoms in total. The molecule has 21 aromatic carbocycles. The smallest absolute Gasteiger partial charge is 0.135 e. The van der Waals surface area contributed by atoms with Crippen molar-refractivity contribution in [3.63, 3.8) is 0 Å². The fourth-order valence-electron chi connectivity index (χ4n) is 24.3. The number of aromatic nitrogens is 5. The molecular formula is C128H83N5O. The van der Waals surface area contributed by atoms with Crippen LogP contribution in [0.3, 0.4) is 0 Å². The van der Waals surface area contributed by atoms with Crippen LogP contribution in [0.1, 0.15) is 33.4 Å². The summed E-state index contributed by atoms with van der Waals surface area (Å²) in [4.78, 5) is 0. The highest BCUT2D eigenvalue weighted by atomic mass is 16.3. The highest BCUT2D eigenvalue weighted by Gasteiger charge is 2.31. The number of hydrogen-bond donors (Lipinski definition) is 0. The third kappa shape index (κ3) is 11.0. The first-order valence-corrected chi connectivity index (χ1v) is 47.2. The molecule has 0 fully saturated rings. The number of fused-ring (bicyclic) bond motifs is 36. The topological polar surface area (TPSA) is 37.8 Å². The molecule has 6 heteroatoms. The zero-order valence-electron chi connectivity index (χ0n) is 73.4. The van der Waals surface area contributed by atoms with E-state index in [-0.39, 0.29) is 0 Å². The van der Waals surface area contributed by atoms with Gasteiger partial charge in [0.2, 0.25) is 0 Å². The fraction of sp³-hybridized carbons (Fsp3) is 0.0469. The van der Waals surface area contributed by atoms with Crippen molar-refractivity contribution in [2.24, 2.45) is 0 Å². The number of aryl methyl sites for hydroxylation is 6. The highest BCUT2D eigenvalue weighted by molar-refractivity contribution is 6.30. The van der Waals surface area contributed by atoms with Crippen molar-refractivity contribution in [1.82, 2.24) is 22.8 Å². The molecule has 0 saturated heterocycles. The number of hydrogen-bond acceptors (Lipinski definition) is 1. The van der Waals surface area contributed by atoms with Crippen molar-refractivity contribution in [2.75, 3.05) is 0 Å². The quantitative estimate of drug-likeness (QED) is 0.163. The molecule has 0 amide bonds. The Labute approximate surface area is 772 Å². The monoisotopic (exact) mass is 1710 g/mol. The minimum Gasteiger partial charge on any atom is -0.456 e. The van der Waals surface area contributed by atoms with Gasteiger partial charge in [-0.1, -0.05) is 291 Å². The summed E-state index contributed by atoms with van der Waals surface area (Å²) < 4.78 is 18.3. The normalized spacial score (nSPS) is 12.9. The van der Waals surface area contributed by atoms with Gasteiger partial charge in [0.1, 0.15) is 11.2 Å². The molecule has 0 spiro atoms. The van der Waals surface area contributed by atoms with E-state index in [0.29, 0.717) is 0 Å². The van der Waals surface area contributed by atoms with Crippen molar-refractivity contribution in [3.8, 4) is 95.2 Å². The summed E-state index contributed by atoms with van der Waals surface area (Å²) in [5, 5.41) is 20.8. The van der Waals surface area contributed by atoms with Crippen molar-refractivity contribution in [2.45, 2.75) is 38.5 Å². The van der Waals surface area contributed by atoms with Crippen molar-refractivity contribution in [1.29, 1.82) is 0 Å². The van der Waals surface area contributed by atoms with Gasteiger partial charge in [-0.05, 0) is 300 Å². The average molecular weight is 1710 g/mol. The molecule has 4 aliphatic carbocycles. The summed E-state index contributed by atoms with van der Waals surface area (Å²) in [5.41, 5.74) is 45.0. The molecule has 6 heterocycles. The molecule has 31 rings (SSSR count). The van der Waals surface area contributed by atoms with Gasteiger partial charge in [-0.2, -0.15) is 0 Å². The Hall–Kier alpha value is -17.1. The van der Waals surface area contributed by atoms with Gasteiger partial charge >= 0.3 is 0 Å². The fourth-order valence-corrected chi connectivity index (χ4v) is 24.3. The van der Waals surface area contributed by atoms with Crippen LogP contribution in [0.4, 0.5) is 0 Å². The third-order valence-corrected chi connectivity index (χ3v) is 30.1. The van der Waals surface area contributed by atoms with Gasteiger partial charge in [0.05, 0.1) is 55.2 Å². The van der Waals surface area contributed by atoms with Gasteiger partial charge in [-0.15, -0.1) is 0 Å². The van der Waals surface area contributed by atoms with E-state index in [2.05, 4.69) is 441 Å². The maximum Gasteiger partial charge on any atom is 0.135 e. The molecule has 134 heavy (non-hydrogen) atoms. The van der Waals surface area contributed by atoms with Gasteiger partial charge in [-0.25, -0.2) is 0 Å². The van der Waals surface area contributed by atoms with E-state index in [1.165, 1.54) is 259 Å². The molecule has 6 aromatic heterocycles. The first-order chi connectivity index (χ1) is 66.5. The van der Waals surface area contributed by atoms with E-state index in [0.717, 1.165) is 60.5 Å². The lowest BCUT2D eigenvalue weighted by molar-refractivity contribution is 0.669. The molecule has 0 atom stereocenters. The summed E-state index contributed by atoms with van der Waals surface area (Å²) >= 11 is 0. The first-order valence-electron chi connectivity index (χ1n) is 47.2. The summed E-state index contributed by atoms with van der Waals surface area (Å²) in [5.74, 6) is 0. The number of nitrogens with zero attached hydrogens (tertiary/aromatic N) is 5. The molecule has 0 aliphatic heterocycles. The van der Waals surface area contributed by atoms with Gasteiger partial charge in [0.25, 0.3) is 0 Å². The van der Waals surface area contributed by atoms with Crippen LogP contribution in [0.5, 0.6) is 0 Å². The largest absolute Gasteiger partial charge is 0.456 e. The van der Waals surface area contributed by atoms with E-state index >= 15 is 0 Å². The Morgan fingerprint density at radius 1 is 0.157 bits per heavy atom. The minimum atomic E-state index is 0.928. The summed E-state index contributed by atoms with van der Waals surface area (Å²) in [6.07, 6.45) is 6.57. The molecule has 0 radical (unpaired) electrons. The Balaban J connectivity index is 0.0000000986. The lowest BCUT2D eigenvalue weighted by Crippen LogP contribution is -2.04. The van der Waals surface area contributed by atoms with Crippen LogP contribution in [0.2, 0.25) is 0 Å². The SMILES string of the molecule is c1ccc2c(c1)CCc1ccc3c(c1-2)c1ccccc1n3-c1ccc(-c2ccc3oc4ccccc4c3c2)cc1.c1ccc2c(c1)CCc1ccc3c(c1-2)c1ccccc1n3-c1ccc(-n2c3ccccc3c3c4cccc5c4c(cc32)-c2ccccc2-5)cc1.c1ccc2c(c1)CCc1ccc3c(c1-2)c1ccccc1n3-c1ccc(-n2c3ccccc3c3c4ccccc4ccc32)cc1. The average Bonchev–Trinajstić information content (AvgIpc) is 1.54. The minimum absolute atomic E-state index is 0.928. The lowest BCUT2D eigenvalue weighted by atomic mass is 9.83. The van der Waals surface area contributed by atoms with E-state index in [1.807, 2.05) is 12.1 Å². The van der Waals surface area contributed by atoms with Crippen molar-refractivity contribution in [3.05, 3.63) is 464 Å². The number of benzene rings is 21. The number of furan rings is 1. The molecule has 626 valence electrons. The Bertz CT molecular complexity index is 9700. The van der Waals surface area contributed by atoms with E-state index in [1.54, 1.807) is 0 Å². The van der Waals surface area contributed by atoms with Gasteiger partial charge < -0.3 is 27.3 Å². The Morgan fingerprint density at radius 3 is 0.933 bits per heavy atom. The van der Waals surface area contributed by atoms with E-state index in [9.17, 15) is 0 Å². The first kappa shape index (κ1) is 74.8. The maximum atomic E-state index is 6.05. The molecule has 0 saturated carbocycles. The second-order valence-corrected chi connectivity index (χ2v) is 36.9. The van der Waals surface area contributed by atoms with E-state index < -0.39 is 0 Å². The predicted octanol–water partition coefficient (Wildman–Crippen LogP) is 33.4. The molecule has 0 N–H and O–H groups in total. The van der Waals surface area contributed by atoms with Gasteiger partial charge in [-0.3, -0.25) is 0 Å². The van der Waals surface area contributed by atoms with Crippen LogP contribution in [0, 0.1) is 0 Å². The maximum absolute atomic E-state index is 6.05. The molecule has 0 bridgehead atoms. The summed E-state index contributed by atoms with van der Waals surface area (Å²) in [6, 6.07) is 159. The van der Waals surface area contributed by atoms with Crippen LogP contribution in [-0.4, -0.2) is 22.8 Å². The van der Waals surface area contributed by atoms with Crippen LogP contribution in [0.25, 0.3) is 248 Å². The summed E-state index contributed by atoms with van der Waals surface area (Å²) in [6.45, 7) is 0. The lowest BCUT2D eigenvalue weighted by Gasteiger charge is -2.21. The molecule has 4 aliphatic rings. The van der Waals surface area contributed by atoms with Gasteiger partial charge in [0, 0.05) is 93.1 Å². The van der Waals surface area contributed by atoms with Crippen LogP contribution < -0.4 is 0 Å². The van der Waals surface area contributed by atoms with Crippen LogP contribution in [-0.2, 0) is 38.5 Å². The van der Waals surface area contributed by atoms with Gasteiger partial charge in [0.15, 0.2) is 0 Å².